The van der Waals surface area contributed by atoms with E-state index in [1.165, 1.54) is 15.6 Å². The maximum absolute atomic E-state index is 11.5. The van der Waals surface area contributed by atoms with Crippen molar-refractivity contribution >= 4 is 43.2 Å². The van der Waals surface area contributed by atoms with Gasteiger partial charge in [0.25, 0.3) is 5.56 Å². The number of H-pyrrole nitrogens is 1. The van der Waals surface area contributed by atoms with Gasteiger partial charge in [-0.2, -0.15) is 0 Å². The van der Waals surface area contributed by atoms with Crippen LogP contribution in [0, 0.1) is 0 Å². The third-order valence-electron chi connectivity index (χ3n) is 2.42. The van der Waals surface area contributed by atoms with Crippen molar-refractivity contribution in [1.29, 1.82) is 0 Å². The fourth-order valence-electron chi connectivity index (χ4n) is 1.51. The molecule has 102 valence electrons. The predicted octanol–water partition coefficient (Wildman–Crippen LogP) is 1.91. The lowest BCUT2D eigenvalue weighted by atomic mass is 10.4. The third kappa shape index (κ3) is 4.13. The van der Waals surface area contributed by atoms with Crippen LogP contribution in [0.3, 0.4) is 0 Å². The minimum absolute atomic E-state index is 0.356. The summed E-state index contributed by atoms with van der Waals surface area (Å²) in [7, 11) is 0. The van der Waals surface area contributed by atoms with E-state index in [0.29, 0.717) is 17.6 Å². The Morgan fingerprint density at radius 2 is 2.16 bits per heavy atom. The van der Waals surface area contributed by atoms with Gasteiger partial charge < -0.3 is 5.32 Å². The van der Waals surface area contributed by atoms with Crippen LogP contribution in [0.4, 0.5) is 0 Å². The molecule has 0 aliphatic rings. The average molecular weight is 409 g/mol. The largest absolute Gasteiger partial charge is 0.328 e. The van der Waals surface area contributed by atoms with Gasteiger partial charge in [-0.3, -0.25) is 14.3 Å². The Balaban J connectivity index is 1.88. The van der Waals surface area contributed by atoms with Gasteiger partial charge >= 0.3 is 5.69 Å². The molecule has 2 aromatic rings. The van der Waals surface area contributed by atoms with Gasteiger partial charge in [0.2, 0.25) is 0 Å². The van der Waals surface area contributed by atoms with E-state index >= 15 is 0 Å². The van der Waals surface area contributed by atoms with Crippen LogP contribution >= 0.6 is 43.2 Å². The van der Waals surface area contributed by atoms with Crippen LogP contribution in [-0.2, 0) is 13.1 Å². The van der Waals surface area contributed by atoms with Crippen molar-refractivity contribution in [2.24, 2.45) is 0 Å². The Labute approximate surface area is 129 Å². The van der Waals surface area contributed by atoms with Crippen LogP contribution in [0.1, 0.15) is 4.88 Å². The number of thiophene rings is 1. The highest BCUT2D eigenvalue weighted by molar-refractivity contribution is 9.10. The number of nitrogens with one attached hydrogen (secondary N) is 2. The smallest absolute Gasteiger partial charge is 0.310 e. The van der Waals surface area contributed by atoms with Crippen molar-refractivity contribution < 1.29 is 0 Å². The topological polar surface area (TPSA) is 66.9 Å². The van der Waals surface area contributed by atoms with Gasteiger partial charge in [0.1, 0.15) is 0 Å². The molecule has 0 fully saturated rings. The van der Waals surface area contributed by atoms with Crippen LogP contribution in [0.5, 0.6) is 0 Å². The van der Waals surface area contributed by atoms with Gasteiger partial charge in [-0.1, -0.05) is 0 Å². The molecule has 0 aromatic carbocycles. The van der Waals surface area contributed by atoms with Crippen LogP contribution < -0.4 is 16.6 Å². The van der Waals surface area contributed by atoms with Crippen molar-refractivity contribution in [3.63, 3.8) is 0 Å². The van der Waals surface area contributed by atoms with Gasteiger partial charge in [-0.25, -0.2) is 4.79 Å². The number of halogens is 2. The summed E-state index contributed by atoms with van der Waals surface area (Å²) in [6.45, 7) is 1.91. The third-order valence-corrected chi connectivity index (χ3v) is 4.68. The number of hydrogen-bond acceptors (Lipinski definition) is 4. The highest BCUT2D eigenvalue weighted by Crippen LogP contribution is 2.19. The van der Waals surface area contributed by atoms with Crippen molar-refractivity contribution in [2.45, 2.75) is 13.1 Å². The van der Waals surface area contributed by atoms with E-state index in [4.69, 9.17) is 0 Å². The molecule has 0 spiro atoms. The van der Waals surface area contributed by atoms with E-state index in [1.807, 2.05) is 5.38 Å². The number of rotatable bonds is 5. The maximum atomic E-state index is 11.5. The first-order valence-corrected chi connectivity index (χ1v) is 7.96. The van der Waals surface area contributed by atoms with Gasteiger partial charge in [-0.05, 0) is 37.9 Å². The monoisotopic (exact) mass is 407 g/mol. The van der Waals surface area contributed by atoms with Crippen LogP contribution in [0.2, 0.25) is 0 Å². The highest BCUT2D eigenvalue weighted by atomic mass is 79.9. The van der Waals surface area contributed by atoms with Crippen molar-refractivity contribution in [1.82, 2.24) is 14.9 Å². The Morgan fingerprint density at radius 3 is 2.84 bits per heavy atom. The molecule has 0 atom stereocenters. The van der Waals surface area contributed by atoms with E-state index < -0.39 is 11.2 Å². The zero-order valence-corrected chi connectivity index (χ0v) is 13.8. The summed E-state index contributed by atoms with van der Waals surface area (Å²) in [5.74, 6) is 0. The molecule has 0 amide bonds. The Kier molecular flexibility index (Phi) is 5.14. The molecule has 0 bridgehead atoms. The summed E-state index contributed by atoms with van der Waals surface area (Å²) in [4.78, 5) is 26.2. The first-order valence-electron chi connectivity index (χ1n) is 5.49. The first-order chi connectivity index (χ1) is 9.06. The molecular formula is C11H11Br2N3O2S. The van der Waals surface area contributed by atoms with Gasteiger partial charge in [-0.15, -0.1) is 11.3 Å². The molecule has 0 saturated carbocycles. The summed E-state index contributed by atoms with van der Waals surface area (Å²) >= 11 is 8.17. The van der Waals surface area contributed by atoms with E-state index in [-0.39, 0.29) is 0 Å². The number of hydrogen-bond donors (Lipinski definition) is 2. The maximum Gasteiger partial charge on any atom is 0.328 e. The number of nitrogens with zero attached hydrogens (tertiary/aromatic N) is 1. The second kappa shape index (κ2) is 6.65. The predicted molar refractivity (Wildman–Crippen MR) is 82.7 cm³/mol. The summed E-state index contributed by atoms with van der Waals surface area (Å²) in [5.41, 5.74) is -0.800. The highest BCUT2D eigenvalue weighted by Gasteiger charge is 2.02. The van der Waals surface area contributed by atoms with Crippen LogP contribution in [-0.4, -0.2) is 16.1 Å². The van der Waals surface area contributed by atoms with Crippen molar-refractivity contribution in [3.8, 4) is 0 Å². The standard InChI is InChI=1S/C11H11Br2N3O2S/c12-7-3-8(19-6-7)4-14-1-2-16-5-9(13)10(17)15-11(16)18/h3,5-6,14H,1-2,4H2,(H,15,17,18). The van der Waals surface area contributed by atoms with Crippen molar-refractivity contribution in [3.05, 3.63) is 52.3 Å². The van der Waals surface area contributed by atoms with Crippen LogP contribution in [0.15, 0.2) is 36.2 Å². The average Bonchev–Trinajstić information content (AvgIpc) is 2.77. The van der Waals surface area contributed by atoms with E-state index in [9.17, 15) is 9.59 Å². The minimum Gasteiger partial charge on any atom is -0.310 e. The van der Waals surface area contributed by atoms with E-state index in [1.54, 1.807) is 11.3 Å². The Bertz CT molecular complexity index is 677. The minimum atomic E-state index is -0.405. The first kappa shape index (κ1) is 14.7. The molecule has 19 heavy (non-hydrogen) atoms. The zero-order chi connectivity index (χ0) is 13.8. The van der Waals surface area contributed by atoms with Crippen molar-refractivity contribution in [2.75, 3.05) is 6.54 Å². The molecule has 0 unspecified atom stereocenters. The summed E-state index contributed by atoms with van der Waals surface area (Å²) in [6, 6.07) is 2.06. The molecule has 8 heteroatoms. The number of aromatic amines is 1. The molecule has 2 rings (SSSR count). The Hall–Kier alpha value is -0.700. The molecule has 0 aliphatic carbocycles. The second-order valence-corrected chi connectivity index (χ2v) is 6.60. The molecule has 2 aromatic heterocycles. The lowest BCUT2D eigenvalue weighted by molar-refractivity contribution is 0.575. The molecule has 0 aliphatic heterocycles. The molecule has 0 radical (unpaired) electrons. The molecular weight excluding hydrogens is 398 g/mol. The van der Waals surface area contributed by atoms with Gasteiger partial charge in [0, 0.05) is 40.6 Å². The zero-order valence-electron chi connectivity index (χ0n) is 9.78. The Morgan fingerprint density at radius 1 is 1.37 bits per heavy atom. The SMILES string of the molecule is O=c1[nH]c(=O)n(CCNCc2cc(Br)cs2)cc1Br. The number of aromatic nitrogens is 2. The lowest BCUT2D eigenvalue weighted by Crippen LogP contribution is -2.32. The van der Waals surface area contributed by atoms with E-state index in [2.05, 4.69) is 48.2 Å². The summed E-state index contributed by atoms with van der Waals surface area (Å²) < 4.78 is 2.90. The normalized spacial score (nSPS) is 10.8. The molecule has 5 nitrogen and oxygen atoms in total. The second-order valence-electron chi connectivity index (χ2n) is 3.84. The fraction of sp³-hybridized carbons (Fsp3) is 0.273. The molecule has 2 N–H and O–H groups in total. The van der Waals surface area contributed by atoms with E-state index in [0.717, 1.165) is 11.0 Å². The fourth-order valence-corrected chi connectivity index (χ4v) is 3.27. The summed E-state index contributed by atoms with van der Waals surface area (Å²) in [5, 5.41) is 5.28. The summed E-state index contributed by atoms with van der Waals surface area (Å²) in [6.07, 6.45) is 1.50. The van der Waals surface area contributed by atoms with Gasteiger partial charge in [0.15, 0.2) is 0 Å². The lowest BCUT2D eigenvalue weighted by Gasteiger charge is -2.06. The quantitative estimate of drug-likeness (QED) is 0.742. The molecule has 0 saturated heterocycles. The molecule has 2 heterocycles. The van der Waals surface area contributed by atoms with Crippen LogP contribution in [0.25, 0.3) is 0 Å². The van der Waals surface area contributed by atoms with Gasteiger partial charge in [0.05, 0.1) is 4.47 Å².